The number of carbonyl (C=O) groups excluding carboxylic acids is 1. The van der Waals surface area contributed by atoms with Crippen LogP contribution in [0, 0.1) is 0 Å². The second-order valence-corrected chi connectivity index (χ2v) is 6.46. The van der Waals surface area contributed by atoms with Crippen LogP contribution in [0.5, 0.6) is 0 Å². The Balaban J connectivity index is 1.75. The van der Waals surface area contributed by atoms with Crippen molar-refractivity contribution in [3.8, 4) is 0 Å². The van der Waals surface area contributed by atoms with Crippen molar-refractivity contribution < 1.29 is 4.79 Å². The molecule has 0 radical (unpaired) electrons. The molecule has 0 aliphatic rings. The highest BCUT2D eigenvalue weighted by molar-refractivity contribution is 6.04. The number of nitrogens with one attached hydrogen (secondary N) is 2. The molecule has 1 amide bonds. The first kappa shape index (κ1) is 17.8. The van der Waals surface area contributed by atoms with Gasteiger partial charge < -0.3 is 10.2 Å². The van der Waals surface area contributed by atoms with E-state index >= 15 is 0 Å². The fraction of sp³-hybridized carbons (Fsp3) is 0.250. The zero-order chi connectivity index (χ0) is 18.5. The van der Waals surface area contributed by atoms with Crippen LogP contribution in [0.1, 0.15) is 16.1 Å². The van der Waals surface area contributed by atoms with E-state index in [1.165, 1.54) is 5.56 Å². The quantitative estimate of drug-likeness (QED) is 0.711. The van der Waals surface area contributed by atoms with Gasteiger partial charge in [0.25, 0.3) is 11.5 Å². The Morgan fingerprint density at radius 2 is 1.73 bits per heavy atom. The van der Waals surface area contributed by atoms with E-state index in [1.54, 1.807) is 24.3 Å². The maximum absolute atomic E-state index is 12.6. The molecule has 1 atom stereocenters. The molecule has 6 heteroatoms. The van der Waals surface area contributed by atoms with E-state index in [2.05, 4.69) is 32.5 Å². The predicted octanol–water partition coefficient (Wildman–Crippen LogP) is 1.83. The highest BCUT2D eigenvalue weighted by atomic mass is 16.2. The number of hydrogen-bond donors (Lipinski definition) is 2. The molecule has 3 aromatic rings. The van der Waals surface area contributed by atoms with Crippen molar-refractivity contribution in [2.24, 2.45) is 0 Å². The number of benzene rings is 2. The Hall–Kier alpha value is -2.99. The predicted molar refractivity (Wildman–Crippen MR) is 102 cm³/mol. The maximum Gasteiger partial charge on any atom is 0.272 e. The van der Waals surface area contributed by atoms with Crippen LogP contribution in [-0.4, -0.2) is 47.7 Å². The SMILES string of the molecule is CN(C)[C@@H](CNC(=O)c1n[nH]c(=O)c2ccccc12)Cc1ccccc1. The molecule has 0 spiro atoms. The van der Waals surface area contributed by atoms with Crippen LogP contribution >= 0.6 is 0 Å². The van der Waals surface area contributed by atoms with Gasteiger partial charge in [-0.15, -0.1) is 0 Å². The Morgan fingerprint density at radius 3 is 2.42 bits per heavy atom. The van der Waals surface area contributed by atoms with Gasteiger partial charge in [0.15, 0.2) is 5.69 Å². The second-order valence-electron chi connectivity index (χ2n) is 6.46. The van der Waals surface area contributed by atoms with Gasteiger partial charge in [-0.05, 0) is 32.1 Å². The number of carbonyl (C=O) groups is 1. The molecular weight excluding hydrogens is 328 g/mol. The van der Waals surface area contributed by atoms with Crippen LogP contribution in [0.4, 0.5) is 0 Å². The number of H-pyrrole nitrogens is 1. The van der Waals surface area contributed by atoms with Gasteiger partial charge in [0.1, 0.15) is 0 Å². The molecule has 1 heterocycles. The minimum atomic E-state index is -0.299. The molecule has 1 aromatic heterocycles. The topological polar surface area (TPSA) is 78.1 Å². The Bertz CT molecular complexity index is 951. The lowest BCUT2D eigenvalue weighted by atomic mass is 10.0. The standard InChI is InChI=1S/C20H22N4O2/c1-24(2)15(12-14-8-4-3-5-9-14)13-21-20(26)18-16-10-6-7-11-17(16)19(25)23-22-18/h3-11,15H,12-13H2,1-2H3,(H,21,26)(H,23,25)/t15-/m1/s1. The average molecular weight is 350 g/mol. The molecule has 6 nitrogen and oxygen atoms in total. The molecular formula is C20H22N4O2. The first-order valence-electron chi connectivity index (χ1n) is 8.52. The fourth-order valence-electron chi connectivity index (χ4n) is 2.91. The number of hydrogen-bond acceptors (Lipinski definition) is 4. The molecule has 2 aromatic carbocycles. The van der Waals surface area contributed by atoms with Gasteiger partial charge in [0.2, 0.25) is 0 Å². The average Bonchev–Trinajstić information content (AvgIpc) is 2.66. The van der Waals surface area contributed by atoms with Crippen molar-refractivity contribution >= 4 is 16.7 Å². The van der Waals surface area contributed by atoms with Gasteiger partial charge in [-0.25, -0.2) is 5.10 Å². The van der Waals surface area contributed by atoms with Gasteiger partial charge in [-0.1, -0.05) is 48.5 Å². The summed E-state index contributed by atoms with van der Waals surface area (Å²) in [5, 5.41) is 10.3. The number of rotatable bonds is 6. The molecule has 0 aliphatic carbocycles. The van der Waals surface area contributed by atoms with E-state index in [1.807, 2.05) is 32.3 Å². The van der Waals surface area contributed by atoms with Gasteiger partial charge in [0.05, 0.1) is 5.39 Å². The number of amides is 1. The highest BCUT2D eigenvalue weighted by Crippen LogP contribution is 2.12. The number of aromatic amines is 1. The molecule has 0 fully saturated rings. The molecule has 0 unspecified atom stereocenters. The van der Waals surface area contributed by atoms with Crippen LogP contribution in [0.2, 0.25) is 0 Å². The van der Waals surface area contributed by atoms with Crippen molar-refractivity contribution in [3.63, 3.8) is 0 Å². The fourth-order valence-corrected chi connectivity index (χ4v) is 2.91. The molecule has 0 bridgehead atoms. The van der Waals surface area contributed by atoms with Crippen LogP contribution in [0.3, 0.4) is 0 Å². The van der Waals surface area contributed by atoms with Gasteiger partial charge in [0, 0.05) is 18.0 Å². The first-order valence-corrected chi connectivity index (χ1v) is 8.52. The van der Waals surface area contributed by atoms with Crippen LogP contribution in [-0.2, 0) is 6.42 Å². The van der Waals surface area contributed by atoms with E-state index in [4.69, 9.17) is 0 Å². The Morgan fingerprint density at radius 1 is 1.08 bits per heavy atom. The number of nitrogens with zero attached hydrogens (tertiary/aromatic N) is 2. The summed E-state index contributed by atoms with van der Waals surface area (Å²) in [5.41, 5.74) is 1.15. The van der Waals surface area contributed by atoms with Gasteiger partial charge in [-0.3, -0.25) is 9.59 Å². The van der Waals surface area contributed by atoms with Crippen molar-refractivity contribution in [2.75, 3.05) is 20.6 Å². The summed E-state index contributed by atoms with van der Waals surface area (Å²) in [6.07, 6.45) is 0.827. The number of aromatic nitrogens is 2. The van der Waals surface area contributed by atoms with Crippen molar-refractivity contribution in [2.45, 2.75) is 12.5 Å². The lowest BCUT2D eigenvalue weighted by Gasteiger charge is -2.24. The van der Waals surface area contributed by atoms with Gasteiger partial charge >= 0.3 is 0 Å². The smallest absolute Gasteiger partial charge is 0.272 e. The lowest BCUT2D eigenvalue weighted by molar-refractivity contribution is 0.0937. The number of fused-ring (bicyclic) bond motifs is 1. The third-order valence-electron chi connectivity index (χ3n) is 4.45. The van der Waals surface area contributed by atoms with E-state index in [-0.39, 0.29) is 23.2 Å². The van der Waals surface area contributed by atoms with Crippen LogP contribution in [0.25, 0.3) is 10.8 Å². The zero-order valence-corrected chi connectivity index (χ0v) is 14.9. The summed E-state index contributed by atoms with van der Waals surface area (Å²) in [6, 6.07) is 17.3. The van der Waals surface area contributed by atoms with Crippen molar-refractivity contribution in [3.05, 3.63) is 76.2 Å². The van der Waals surface area contributed by atoms with E-state index in [9.17, 15) is 9.59 Å². The second kappa shape index (κ2) is 7.93. The summed E-state index contributed by atoms with van der Waals surface area (Å²) >= 11 is 0. The number of likely N-dealkylation sites (N-methyl/N-ethyl adjacent to an activating group) is 1. The van der Waals surface area contributed by atoms with Crippen LogP contribution < -0.4 is 10.9 Å². The normalized spacial score (nSPS) is 12.3. The van der Waals surface area contributed by atoms with Crippen molar-refractivity contribution in [1.29, 1.82) is 0 Å². The zero-order valence-electron chi connectivity index (χ0n) is 14.9. The van der Waals surface area contributed by atoms with Crippen LogP contribution in [0.15, 0.2) is 59.4 Å². The minimum Gasteiger partial charge on any atom is -0.349 e. The monoisotopic (exact) mass is 350 g/mol. The third-order valence-corrected chi connectivity index (χ3v) is 4.45. The third kappa shape index (κ3) is 3.97. The summed E-state index contributed by atoms with van der Waals surface area (Å²) in [7, 11) is 3.99. The minimum absolute atomic E-state index is 0.148. The largest absolute Gasteiger partial charge is 0.349 e. The molecule has 0 saturated carbocycles. The Labute approximate surface area is 151 Å². The Kier molecular flexibility index (Phi) is 5.43. The molecule has 3 rings (SSSR count). The molecule has 26 heavy (non-hydrogen) atoms. The molecule has 2 N–H and O–H groups in total. The van der Waals surface area contributed by atoms with E-state index in [0.717, 1.165) is 6.42 Å². The lowest BCUT2D eigenvalue weighted by Crippen LogP contribution is -2.42. The maximum atomic E-state index is 12.6. The summed E-state index contributed by atoms with van der Waals surface area (Å²) in [4.78, 5) is 26.6. The summed E-state index contributed by atoms with van der Waals surface area (Å²) in [5.74, 6) is -0.294. The molecule has 0 aliphatic heterocycles. The van der Waals surface area contributed by atoms with Gasteiger partial charge in [-0.2, -0.15) is 5.10 Å². The summed E-state index contributed by atoms with van der Waals surface area (Å²) < 4.78 is 0. The van der Waals surface area contributed by atoms with Crippen molar-refractivity contribution in [1.82, 2.24) is 20.4 Å². The summed E-state index contributed by atoms with van der Waals surface area (Å²) in [6.45, 7) is 0.482. The molecule has 134 valence electrons. The van der Waals surface area contributed by atoms with E-state index < -0.39 is 0 Å². The molecule has 0 saturated heterocycles. The highest BCUT2D eigenvalue weighted by Gasteiger charge is 2.17. The van der Waals surface area contributed by atoms with E-state index in [0.29, 0.717) is 17.3 Å². The first-order chi connectivity index (χ1) is 12.6.